The van der Waals surface area contributed by atoms with Gasteiger partial charge in [-0.25, -0.2) is 4.79 Å². The van der Waals surface area contributed by atoms with E-state index in [2.05, 4.69) is 22.6 Å². The first-order valence-electron chi connectivity index (χ1n) is 8.35. The highest BCUT2D eigenvalue weighted by Crippen LogP contribution is 2.47. The van der Waals surface area contributed by atoms with Crippen LogP contribution in [0.15, 0.2) is 0 Å². The zero-order chi connectivity index (χ0) is 16.9. The lowest BCUT2D eigenvalue weighted by Gasteiger charge is -2.58. The number of nitrogens with one attached hydrogen (secondary N) is 2. The standard InChI is InChI=1S/C8H14N2O.C6H10N2O.C2H4O/c1-10-4-8(5-10)2-7(3-8)9-6-11;9-6-7-5-2-1-3-8(6)4-5;1-2-3/h6-7H,2-5H2,1H3,(H,9,11);5H,1-4H2,(H,7,9);2H,1H3/t;5-;/m.1./s1. The summed E-state index contributed by atoms with van der Waals surface area (Å²) in [6.45, 7) is 5.80. The Morgan fingerprint density at radius 3 is 2.43 bits per heavy atom. The number of amides is 3. The molecule has 3 heterocycles. The average molecular weight is 324 g/mol. The van der Waals surface area contributed by atoms with Crippen molar-refractivity contribution in [3.63, 3.8) is 0 Å². The maximum atomic E-state index is 10.9. The minimum Gasteiger partial charge on any atom is -0.356 e. The molecule has 2 bridgehead atoms. The van der Waals surface area contributed by atoms with Crippen molar-refractivity contribution in [2.75, 3.05) is 33.2 Å². The number of likely N-dealkylation sites (tertiary alicyclic amines) is 1. The number of nitrogens with zero attached hydrogens (tertiary/aromatic N) is 2. The minimum absolute atomic E-state index is 0.137. The van der Waals surface area contributed by atoms with Crippen molar-refractivity contribution < 1.29 is 14.4 Å². The molecule has 4 rings (SSSR count). The number of fused-ring (bicyclic) bond motifs is 2. The van der Waals surface area contributed by atoms with E-state index in [1.807, 2.05) is 4.90 Å². The number of carbonyl (C=O) groups excluding carboxylic acids is 3. The fraction of sp³-hybridized carbons (Fsp3) is 0.812. The van der Waals surface area contributed by atoms with Gasteiger partial charge in [0.15, 0.2) is 0 Å². The van der Waals surface area contributed by atoms with Gasteiger partial charge in [-0.05, 0) is 45.1 Å². The quantitative estimate of drug-likeness (QED) is 0.711. The van der Waals surface area contributed by atoms with Crippen LogP contribution in [0, 0.1) is 5.41 Å². The second-order valence-electron chi connectivity index (χ2n) is 7.03. The summed E-state index contributed by atoms with van der Waals surface area (Å²) < 4.78 is 0. The lowest BCUT2D eigenvalue weighted by molar-refractivity contribution is -0.114. The first kappa shape index (κ1) is 17.7. The summed E-state index contributed by atoms with van der Waals surface area (Å²) in [4.78, 5) is 34.0. The Balaban J connectivity index is 0.000000145. The van der Waals surface area contributed by atoms with Gasteiger partial charge in [-0.2, -0.15) is 0 Å². The first-order valence-corrected chi connectivity index (χ1v) is 8.35. The van der Waals surface area contributed by atoms with E-state index in [9.17, 15) is 9.59 Å². The van der Waals surface area contributed by atoms with Crippen LogP contribution < -0.4 is 10.6 Å². The highest BCUT2D eigenvalue weighted by atomic mass is 16.2. The number of rotatable bonds is 2. The van der Waals surface area contributed by atoms with Crippen LogP contribution in [0.3, 0.4) is 0 Å². The smallest absolute Gasteiger partial charge is 0.317 e. The number of carbonyl (C=O) groups is 3. The fourth-order valence-electron chi connectivity index (χ4n) is 4.10. The molecule has 4 fully saturated rings. The highest BCUT2D eigenvalue weighted by molar-refractivity contribution is 5.77. The largest absolute Gasteiger partial charge is 0.356 e. The molecule has 0 unspecified atom stereocenters. The Labute approximate surface area is 137 Å². The molecule has 1 atom stereocenters. The summed E-state index contributed by atoms with van der Waals surface area (Å²) in [7, 11) is 2.14. The van der Waals surface area contributed by atoms with Gasteiger partial charge in [-0.15, -0.1) is 0 Å². The topological polar surface area (TPSA) is 81.8 Å². The highest BCUT2D eigenvalue weighted by Gasteiger charge is 2.50. The van der Waals surface area contributed by atoms with E-state index in [4.69, 9.17) is 4.79 Å². The minimum atomic E-state index is 0.137. The monoisotopic (exact) mass is 324 g/mol. The van der Waals surface area contributed by atoms with E-state index in [-0.39, 0.29) is 6.03 Å². The molecule has 1 aliphatic carbocycles. The molecule has 0 aromatic heterocycles. The number of hydrogen-bond donors (Lipinski definition) is 2. The van der Waals surface area contributed by atoms with Gasteiger partial charge in [0.1, 0.15) is 6.29 Å². The van der Waals surface area contributed by atoms with E-state index < -0.39 is 0 Å². The Morgan fingerprint density at radius 2 is 1.96 bits per heavy atom. The SMILES string of the molecule is CC=O.CN1CC2(CC(NC=O)C2)C1.O=C1N[C@@H]2CCCN1C2. The Morgan fingerprint density at radius 1 is 1.30 bits per heavy atom. The number of aldehydes is 1. The molecule has 3 aliphatic heterocycles. The Hall–Kier alpha value is -1.63. The van der Waals surface area contributed by atoms with Crippen LogP contribution in [0.4, 0.5) is 4.79 Å². The molecule has 0 aromatic rings. The normalized spacial score (nSPS) is 27.3. The van der Waals surface area contributed by atoms with Gasteiger partial charge < -0.3 is 25.2 Å². The molecular formula is C16H28N4O3. The summed E-state index contributed by atoms with van der Waals surface area (Å²) >= 11 is 0. The van der Waals surface area contributed by atoms with Crippen LogP contribution in [0.25, 0.3) is 0 Å². The molecule has 3 amide bonds. The van der Waals surface area contributed by atoms with Crippen LogP contribution >= 0.6 is 0 Å². The molecule has 7 nitrogen and oxygen atoms in total. The second kappa shape index (κ2) is 7.77. The predicted octanol–water partition coefficient (Wildman–Crippen LogP) is 0.206. The van der Waals surface area contributed by atoms with Crippen molar-refractivity contribution in [2.24, 2.45) is 5.41 Å². The van der Waals surface area contributed by atoms with Crippen molar-refractivity contribution in [1.82, 2.24) is 20.4 Å². The molecule has 4 aliphatic rings. The Kier molecular flexibility index (Phi) is 5.98. The van der Waals surface area contributed by atoms with E-state index in [1.54, 1.807) is 0 Å². The summed E-state index contributed by atoms with van der Waals surface area (Å²) in [5.41, 5.74) is 0.593. The van der Waals surface area contributed by atoms with Gasteiger partial charge in [-0.3, -0.25) is 4.79 Å². The first-order chi connectivity index (χ1) is 11.0. The van der Waals surface area contributed by atoms with Gasteiger partial charge in [-0.1, -0.05) is 0 Å². The van der Waals surface area contributed by atoms with Crippen molar-refractivity contribution in [2.45, 2.75) is 44.7 Å². The molecule has 3 saturated heterocycles. The van der Waals surface area contributed by atoms with Crippen molar-refractivity contribution in [1.29, 1.82) is 0 Å². The molecule has 2 N–H and O–H groups in total. The van der Waals surface area contributed by atoms with Crippen LogP contribution in [0.1, 0.15) is 32.6 Å². The van der Waals surface area contributed by atoms with E-state index in [1.165, 1.54) is 45.7 Å². The van der Waals surface area contributed by atoms with Gasteiger partial charge in [0.25, 0.3) is 0 Å². The van der Waals surface area contributed by atoms with Gasteiger partial charge >= 0.3 is 6.03 Å². The zero-order valence-electron chi connectivity index (χ0n) is 14.1. The van der Waals surface area contributed by atoms with Crippen molar-refractivity contribution >= 4 is 18.7 Å². The lowest BCUT2D eigenvalue weighted by atomic mass is 9.61. The van der Waals surface area contributed by atoms with Crippen LogP contribution in [-0.2, 0) is 9.59 Å². The van der Waals surface area contributed by atoms with E-state index in [0.717, 1.165) is 25.8 Å². The van der Waals surface area contributed by atoms with Crippen LogP contribution in [-0.4, -0.2) is 73.8 Å². The number of urea groups is 1. The third-order valence-electron chi connectivity index (χ3n) is 4.91. The number of piperidine rings is 1. The molecule has 130 valence electrons. The fourth-order valence-corrected chi connectivity index (χ4v) is 4.10. The zero-order valence-corrected chi connectivity index (χ0v) is 14.1. The molecule has 0 radical (unpaired) electrons. The maximum absolute atomic E-state index is 10.9. The van der Waals surface area contributed by atoms with Gasteiger partial charge in [0.2, 0.25) is 6.41 Å². The third kappa shape index (κ3) is 4.43. The average Bonchev–Trinajstić information content (AvgIpc) is 2.69. The molecule has 23 heavy (non-hydrogen) atoms. The molecule has 1 spiro atoms. The van der Waals surface area contributed by atoms with Gasteiger partial charge in [0.05, 0.1) is 0 Å². The predicted molar refractivity (Wildman–Crippen MR) is 87.0 cm³/mol. The van der Waals surface area contributed by atoms with E-state index in [0.29, 0.717) is 17.5 Å². The maximum Gasteiger partial charge on any atom is 0.317 e. The molecular weight excluding hydrogens is 296 g/mol. The lowest BCUT2D eigenvalue weighted by Crippen LogP contribution is -2.64. The molecule has 0 aromatic carbocycles. The van der Waals surface area contributed by atoms with Crippen molar-refractivity contribution in [3.05, 3.63) is 0 Å². The van der Waals surface area contributed by atoms with Crippen LogP contribution in [0.5, 0.6) is 0 Å². The summed E-state index contributed by atoms with van der Waals surface area (Å²) in [6, 6.07) is 1.07. The molecule has 7 heteroatoms. The van der Waals surface area contributed by atoms with Crippen molar-refractivity contribution in [3.8, 4) is 0 Å². The summed E-state index contributed by atoms with van der Waals surface area (Å²) in [5, 5.41) is 5.72. The van der Waals surface area contributed by atoms with E-state index >= 15 is 0 Å². The summed E-state index contributed by atoms with van der Waals surface area (Å²) in [6.07, 6.45) is 6.29. The number of hydrogen-bond acceptors (Lipinski definition) is 4. The second-order valence-corrected chi connectivity index (χ2v) is 7.03. The van der Waals surface area contributed by atoms with Crippen LogP contribution in [0.2, 0.25) is 0 Å². The van der Waals surface area contributed by atoms with Gasteiger partial charge in [0, 0.05) is 38.3 Å². The Bertz CT molecular complexity index is 429. The molecule has 1 saturated carbocycles. The summed E-state index contributed by atoms with van der Waals surface area (Å²) in [5.74, 6) is 0. The third-order valence-corrected chi connectivity index (χ3v) is 4.91.